The Morgan fingerprint density at radius 3 is 1.75 bits per heavy atom. The molecule has 2 heteroatoms. The summed E-state index contributed by atoms with van der Waals surface area (Å²) < 4.78 is 0. The molecule has 0 aliphatic rings. The molecular weight excluding hydrogens is 246 g/mol. The first kappa shape index (κ1) is 14.5. The number of ketones is 1. The standard InChI is InChI=1S/C18H21NO/c1-18(2,3)16-10-8-15(9-11-16)17(20)14-6-4-13(12-19)5-7-14/h4-11H,12,19H2,1-3H3. The maximum atomic E-state index is 12.4. The molecule has 2 N–H and O–H groups in total. The monoisotopic (exact) mass is 267 g/mol. The quantitative estimate of drug-likeness (QED) is 0.862. The minimum atomic E-state index is 0.0500. The fourth-order valence-corrected chi connectivity index (χ4v) is 2.08. The van der Waals surface area contributed by atoms with Crippen LogP contribution in [0.5, 0.6) is 0 Å². The second kappa shape index (κ2) is 5.59. The Morgan fingerprint density at radius 2 is 1.35 bits per heavy atom. The van der Waals surface area contributed by atoms with Gasteiger partial charge in [0, 0.05) is 17.7 Å². The lowest BCUT2D eigenvalue weighted by atomic mass is 9.86. The summed E-state index contributed by atoms with van der Waals surface area (Å²) in [6, 6.07) is 15.3. The third-order valence-electron chi connectivity index (χ3n) is 3.46. The maximum absolute atomic E-state index is 12.4. The van der Waals surface area contributed by atoms with E-state index in [1.54, 1.807) is 0 Å². The Kier molecular flexibility index (Phi) is 4.05. The highest BCUT2D eigenvalue weighted by Gasteiger charge is 2.14. The molecule has 0 fully saturated rings. The van der Waals surface area contributed by atoms with Crippen molar-refractivity contribution in [1.82, 2.24) is 0 Å². The molecular formula is C18H21NO. The van der Waals surface area contributed by atoms with Crippen LogP contribution in [0.25, 0.3) is 0 Å². The fraction of sp³-hybridized carbons (Fsp3) is 0.278. The third-order valence-corrected chi connectivity index (χ3v) is 3.46. The Hall–Kier alpha value is -1.93. The molecule has 0 bridgehead atoms. The summed E-state index contributed by atoms with van der Waals surface area (Å²) >= 11 is 0. The van der Waals surface area contributed by atoms with Crippen LogP contribution in [0.4, 0.5) is 0 Å². The van der Waals surface area contributed by atoms with E-state index in [-0.39, 0.29) is 11.2 Å². The molecule has 2 rings (SSSR count). The van der Waals surface area contributed by atoms with Crippen LogP contribution in [0.3, 0.4) is 0 Å². The molecule has 2 nitrogen and oxygen atoms in total. The van der Waals surface area contributed by atoms with Gasteiger partial charge in [-0.2, -0.15) is 0 Å². The van der Waals surface area contributed by atoms with E-state index in [0.717, 1.165) is 11.1 Å². The topological polar surface area (TPSA) is 43.1 Å². The summed E-state index contributed by atoms with van der Waals surface area (Å²) in [5.74, 6) is 0.0500. The van der Waals surface area contributed by atoms with E-state index < -0.39 is 0 Å². The Morgan fingerprint density at radius 1 is 0.900 bits per heavy atom. The first-order chi connectivity index (χ1) is 9.41. The highest BCUT2D eigenvalue weighted by molar-refractivity contribution is 6.09. The van der Waals surface area contributed by atoms with E-state index >= 15 is 0 Å². The molecule has 0 aromatic heterocycles. The second-order valence-electron chi connectivity index (χ2n) is 6.06. The highest BCUT2D eigenvalue weighted by Crippen LogP contribution is 2.23. The van der Waals surface area contributed by atoms with Gasteiger partial charge in [0.25, 0.3) is 0 Å². The normalized spacial score (nSPS) is 11.4. The average molecular weight is 267 g/mol. The van der Waals surface area contributed by atoms with E-state index in [0.29, 0.717) is 12.1 Å². The number of benzene rings is 2. The summed E-state index contributed by atoms with van der Waals surface area (Å²) in [6.07, 6.45) is 0. The number of carbonyl (C=O) groups is 1. The van der Waals surface area contributed by atoms with Crippen molar-refractivity contribution in [2.75, 3.05) is 0 Å². The molecule has 0 saturated carbocycles. The molecule has 0 spiro atoms. The third kappa shape index (κ3) is 3.14. The van der Waals surface area contributed by atoms with Gasteiger partial charge in [0.2, 0.25) is 0 Å². The number of carbonyl (C=O) groups excluding carboxylic acids is 1. The smallest absolute Gasteiger partial charge is 0.193 e. The van der Waals surface area contributed by atoms with Crippen molar-refractivity contribution in [1.29, 1.82) is 0 Å². The van der Waals surface area contributed by atoms with Crippen molar-refractivity contribution in [3.63, 3.8) is 0 Å². The number of hydrogen-bond acceptors (Lipinski definition) is 2. The van der Waals surface area contributed by atoms with Crippen LogP contribution in [-0.2, 0) is 12.0 Å². The van der Waals surface area contributed by atoms with Crippen molar-refractivity contribution in [3.8, 4) is 0 Å². The molecule has 104 valence electrons. The van der Waals surface area contributed by atoms with Crippen molar-refractivity contribution in [2.45, 2.75) is 32.7 Å². The van der Waals surface area contributed by atoms with Crippen molar-refractivity contribution in [3.05, 3.63) is 70.8 Å². The van der Waals surface area contributed by atoms with Gasteiger partial charge in [-0.1, -0.05) is 69.3 Å². The van der Waals surface area contributed by atoms with Crippen LogP contribution >= 0.6 is 0 Å². The largest absolute Gasteiger partial charge is 0.326 e. The number of hydrogen-bond donors (Lipinski definition) is 1. The van der Waals surface area contributed by atoms with Gasteiger partial charge in [-0.3, -0.25) is 4.79 Å². The summed E-state index contributed by atoms with van der Waals surface area (Å²) in [5, 5.41) is 0. The number of rotatable bonds is 3. The minimum Gasteiger partial charge on any atom is -0.326 e. The van der Waals surface area contributed by atoms with Gasteiger partial charge in [0.15, 0.2) is 5.78 Å². The zero-order valence-electron chi connectivity index (χ0n) is 12.3. The molecule has 0 amide bonds. The van der Waals surface area contributed by atoms with Crippen LogP contribution in [-0.4, -0.2) is 5.78 Å². The van der Waals surface area contributed by atoms with Crippen molar-refractivity contribution >= 4 is 5.78 Å². The van der Waals surface area contributed by atoms with Gasteiger partial charge in [-0.05, 0) is 16.5 Å². The summed E-state index contributed by atoms with van der Waals surface area (Å²) in [4.78, 5) is 12.4. The first-order valence-corrected chi connectivity index (χ1v) is 6.86. The lowest BCUT2D eigenvalue weighted by Gasteiger charge is -2.19. The van der Waals surface area contributed by atoms with E-state index in [9.17, 15) is 4.79 Å². The number of nitrogens with two attached hydrogens (primary N) is 1. The molecule has 0 heterocycles. The molecule has 2 aromatic rings. The minimum absolute atomic E-state index is 0.0500. The molecule has 0 unspecified atom stereocenters. The van der Waals surface area contributed by atoms with Gasteiger partial charge in [-0.25, -0.2) is 0 Å². The molecule has 20 heavy (non-hydrogen) atoms. The average Bonchev–Trinajstić information content (AvgIpc) is 2.46. The lowest BCUT2D eigenvalue weighted by molar-refractivity contribution is 0.103. The zero-order valence-corrected chi connectivity index (χ0v) is 12.3. The first-order valence-electron chi connectivity index (χ1n) is 6.86. The van der Waals surface area contributed by atoms with Crippen LogP contribution in [0.1, 0.15) is 47.8 Å². The summed E-state index contributed by atoms with van der Waals surface area (Å²) in [7, 11) is 0. The SMILES string of the molecule is CC(C)(C)c1ccc(C(=O)c2ccc(CN)cc2)cc1. The lowest BCUT2D eigenvalue weighted by Crippen LogP contribution is -2.11. The Labute approximate surface area is 120 Å². The molecule has 0 saturated heterocycles. The van der Waals surface area contributed by atoms with Gasteiger partial charge in [0.1, 0.15) is 0 Å². The zero-order chi connectivity index (χ0) is 14.8. The predicted octanol–water partition coefficient (Wildman–Crippen LogP) is 3.67. The van der Waals surface area contributed by atoms with E-state index in [4.69, 9.17) is 5.73 Å². The molecule has 2 aromatic carbocycles. The van der Waals surface area contributed by atoms with Gasteiger partial charge in [-0.15, -0.1) is 0 Å². The predicted molar refractivity (Wildman–Crippen MR) is 82.9 cm³/mol. The van der Waals surface area contributed by atoms with Crippen LogP contribution in [0, 0.1) is 0 Å². The molecule has 0 aliphatic carbocycles. The molecule has 0 aliphatic heterocycles. The summed E-state index contributed by atoms with van der Waals surface area (Å²) in [6.45, 7) is 6.98. The van der Waals surface area contributed by atoms with Crippen LogP contribution < -0.4 is 5.73 Å². The van der Waals surface area contributed by atoms with Gasteiger partial charge >= 0.3 is 0 Å². The van der Waals surface area contributed by atoms with E-state index in [1.165, 1.54) is 5.56 Å². The van der Waals surface area contributed by atoms with Gasteiger partial charge < -0.3 is 5.73 Å². The summed E-state index contributed by atoms with van der Waals surface area (Å²) in [5.41, 5.74) is 9.34. The Bertz CT molecular complexity index is 589. The maximum Gasteiger partial charge on any atom is 0.193 e. The fourth-order valence-electron chi connectivity index (χ4n) is 2.08. The van der Waals surface area contributed by atoms with E-state index in [1.807, 2.05) is 48.5 Å². The highest BCUT2D eigenvalue weighted by atomic mass is 16.1. The van der Waals surface area contributed by atoms with Gasteiger partial charge in [0.05, 0.1) is 0 Å². The second-order valence-corrected chi connectivity index (χ2v) is 6.06. The van der Waals surface area contributed by atoms with E-state index in [2.05, 4.69) is 20.8 Å². The van der Waals surface area contributed by atoms with Crippen LogP contribution in [0.15, 0.2) is 48.5 Å². The van der Waals surface area contributed by atoms with Crippen LogP contribution in [0.2, 0.25) is 0 Å². The van der Waals surface area contributed by atoms with Crippen molar-refractivity contribution in [2.24, 2.45) is 5.73 Å². The Balaban J connectivity index is 2.24. The molecule has 0 atom stereocenters. The van der Waals surface area contributed by atoms with Crippen molar-refractivity contribution < 1.29 is 4.79 Å². The molecule has 0 radical (unpaired) electrons.